The quantitative estimate of drug-likeness (QED) is 0.907. The third-order valence-corrected chi connectivity index (χ3v) is 4.18. The minimum Gasteiger partial charge on any atom is -0.394 e. The first kappa shape index (κ1) is 15.3. The lowest BCUT2D eigenvalue weighted by atomic mass is 10.0. The van der Waals surface area contributed by atoms with Crippen molar-refractivity contribution >= 4 is 17.5 Å². The Morgan fingerprint density at radius 2 is 2.05 bits per heavy atom. The Morgan fingerprint density at radius 3 is 2.75 bits per heavy atom. The number of halogens is 1. The molecule has 4 heteroatoms. The van der Waals surface area contributed by atoms with Crippen molar-refractivity contribution in [1.29, 1.82) is 0 Å². The minimum atomic E-state index is 0.0341. The molecule has 1 aromatic carbocycles. The number of hydrogen-bond acceptors (Lipinski definition) is 2. The molecule has 1 atom stereocenters. The Labute approximate surface area is 125 Å². The molecule has 20 heavy (non-hydrogen) atoms. The molecule has 1 aliphatic rings. The Hall–Kier alpha value is -1.06. The molecule has 0 radical (unpaired) electrons. The molecule has 1 amide bonds. The van der Waals surface area contributed by atoms with Crippen LogP contribution in [0, 0.1) is 0 Å². The van der Waals surface area contributed by atoms with Crippen molar-refractivity contribution in [2.75, 3.05) is 13.2 Å². The van der Waals surface area contributed by atoms with Crippen molar-refractivity contribution in [2.45, 2.75) is 44.6 Å². The van der Waals surface area contributed by atoms with Gasteiger partial charge in [-0.2, -0.15) is 0 Å². The molecule has 110 valence electrons. The van der Waals surface area contributed by atoms with E-state index in [4.69, 9.17) is 11.6 Å². The number of rotatable bonds is 5. The van der Waals surface area contributed by atoms with Gasteiger partial charge in [0, 0.05) is 18.0 Å². The van der Waals surface area contributed by atoms with Gasteiger partial charge in [-0.3, -0.25) is 4.79 Å². The smallest absolute Gasteiger partial charge is 0.222 e. The molecule has 0 aliphatic carbocycles. The predicted molar refractivity (Wildman–Crippen MR) is 80.8 cm³/mol. The number of hydrogen-bond donors (Lipinski definition) is 1. The zero-order chi connectivity index (χ0) is 14.4. The van der Waals surface area contributed by atoms with Crippen molar-refractivity contribution in [1.82, 2.24) is 4.90 Å². The van der Waals surface area contributed by atoms with Crippen LogP contribution in [-0.4, -0.2) is 35.1 Å². The van der Waals surface area contributed by atoms with Gasteiger partial charge < -0.3 is 10.0 Å². The van der Waals surface area contributed by atoms with E-state index < -0.39 is 0 Å². The van der Waals surface area contributed by atoms with Crippen molar-refractivity contribution in [3.8, 4) is 0 Å². The van der Waals surface area contributed by atoms with Gasteiger partial charge in [0.2, 0.25) is 5.91 Å². The third kappa shape index (κ3) is 4.22. The van der Waals surface area contributed by atoms with Gasteiger partial charge >= 0.3 is 0 Å². The van der Waals surface area contributed by atoms with Crippen LogP contribution < -0.4 is 0 Å². The molecule has 0 bridgehead atoms. The van der Waals surface area contributed by atoms with Crippen LogP contribution >= 0.6 is 11.6 Å². The van der Waals surface area contributed by atoms with E-state index in [9.17, 15) is 9.90 Å². The van der Waals surface area contributed by atoms with Crippen molar-refractivity contribution < 1.29 is 9.90 Å². The van der Waals surface area contributed by atoms with Gasteiger partial charge in [-0.1, -0.05) is 23.7 Å². The number of aryl methyl sites for hydroxylation is 1. The van der Waals surface area contributed by atoms with Gasteiger partial charge in [0.15, 0.2) is 0 Å². The van der Waals surface area contributed by atoms with Crippen molar-refractivity contribution in [3.63, 3.8) is 0 Å². The van der Waals surface area contributed by atoms with Crippen molar-refractivity contribution in [2.24, 2.45) is 0 Å². The molecule has 1 saturated heterocycles. The first-order chi connectivity index (χ1) is 9.70. The van der Waals surface area contributed by atoms with Crippen LogP contribution in [0.4, 0.5) is 0 Å². The summed E-state index contributed by atoms with van der Waals surface area (Å²) in [6.45, 7) is 0.883. The highest BCUT2D eigenvalue weighted by Crippen LogP contribution is 2.18. The lowest BCUT2D eigenvalue weighted by Crippen LogP contribution is -2.45. The van der Waals surface area contributed by atoms with Gasteiger partial charge in [-0.25, -0.2) is 0 Å². The summed E-state index contributed by atoms with van der Waals surface area (Å²) in [7, 11) is 0. The number of nitrogens with zero attached hydrogens (tertiary/aromatic N) is 1. The molecule has 0 aromatic heterocycles. The molecule has 0 spiro atoms. The average Bonchev–Trinajstić information content (AvgIpc) is 2.49. The van der Waals surface area contributed by atoms with E-state index >= 15 is 0 Å². The maximum atomic E-state index is 12.2. The Bertz CT molecular complexity index is 433. The summed E-state index contributed by atoms with van der Waals surface area (Å²) in [5.74, 6) is 0.178. The molecular weight excluding hydrogens is 274 g/mol. The maximum Gasteiger partial charge on any atom is 0.222 e. The number of likely N-dealkylation sites (tertiary alicyclic amines) is 1. The molecule has 1 N–H and O–H groups in total. The predicted octanol–water partition coefficient (Wildman–Crippen LogP) is 3.04. The molecule has 1 fully saturated rings. The highest BCUT2D eigenvalue weighted by molar-refractivity contribution is 6.30. The molecule has 1 aliphatic heterocycles. The topological polar surface area (TPSA) is 40.5 Å². The third-order valence-electron chi connectivity index (χ3n) is 3.93. The first-order valence-corrected chi connectivity index (χ1v) is 7.73. The summed E-state index contributed by atoms with van der Waals surface area (Å²) in [5.41, 5.74) is 1.21. The summed E-state index contributed by atoms with van der Waals surface area (Å²) >= 11 is 5.85. The van der Waals surface area contributed by atoms with Crippen LogP contribution in [0.1, 0.15) is 37.7 Å². The second-order valence-electron chi connectivity index (χ2n) is 5.40. The molecule has 0 saturated carbocycles. The van der Waals surface area contributed by atoms with Crippen molar-refractivity contribution in [3.05, 3.63) is 34.9 Å². The highest BCUT2D eigenvalue weighted by atomic mass is 35.5. The standard InChI is InChI=1S/C16H22ClNO2/c17-14-9-7-13(8-10-14)4-3-6-16(20)18-11-2-1-5-15(18)12-19/h7-10,15,19H,1-6,11-12H2. The SMILES string of the molecule is O=C(CCCc1ccc(Cl)cc1)N1CCCCC1CO. The summed E-state index contributed by atoms with van der Waals surface area (Å²) in [6.07, 6.45) is 5.38. The fourth-order valence-corrected chi connectivity index (χ4v) is 2.88. The zero-order valence-corrected chi connectivity index (χ0v) is 12.5. The van der Waals surface area contributed by atoms with E-state index in [0.29, 0.717) is 6.42 Å². The van der Waals surface area contributed by atoms with Gasteiger partial charge in [0.1, 0.15) is 0 Å². The second-order valence-corrected chi connectivity index (χ2v) is 5.84. The molecule has 1 unspecified atom stereocenters. The van der Waals surface area contributed by atoms with Gasteiger partial charge in [0.05, 0.1) is 12.6 Å². The number of carbonyl (C=O) groups excluding carboxylic acids is 1. The van der Waals surface area contributed by atoms with Gasteiger partial charge in [0.25, 0.3) is 0 Å². The lowest BCUT2D eigenvalue weighted by Gasteiger charge is -2.34. The summed E-state index contributed by atoms with van der Waals surface area (Å²) in [6, 6.07) is 7.80. The molecule has 1 aromatic rings. The van der Waals surface area contributed by atoms with Crippen LogP contribution in [0.3, 0.4) is 0 Å². The fraction of sp³-hybridized carbons (Fsp3) is 0.562. The average molecular weight is 296 g/mol. The van der Waals surface area contributed by atoms with E-state index in [1.54, 1.807) is 0 Å². The molecule has 2 rings (SSSR count). The summed E-state index contributed by atoms with van der Waals surface area (Å²) in [5, 5.41) is 10.1. The summed E-state index contributed by atoms with van der Waals surface area (Å²) < 4.78 is 0. The monoisotopic (exact) mass is 295 g/mol. The van der Waals surface area contributed by atoms with E-state index in [1.807, 2.05) is 29.2 Å². The fourth-order valence-electron chi connectivity index (χ4n) is 2.76. The minimum absolute atomic E-state index is 0.0341. The summed E-state index contributed by atoms with van der Waals surface area (Å²) in [4.78, 5) is 14.1. The Morgan fingerprint density at radius 1 is 1.30 bits per heavy atom. The van der Waals surface area contributed by atoms with Crippen LogP contribution in [0.5, 0.6) is 0 Å². The largest absolute Gasteiger partial charge is 0.394 e. The molecule has 1 heterocycles. The van der Waals surface area contributed by atoms with Crippen LogP contribution in [0.2, 0.25) is 5.02 Å². The van der Waals surface area contributed by atoms with Gasteiger partial charge in [-0.05, 0) is 49.8 Å². The number of aliphatic hydroxyl groups is 1. The number of benzene rings is 1. The van der Waals surface area contributed by atoms with E-state index in [2.05, 4.69) is 0 Å². The normalized spacial score (nSPS) is 19.1. The molecule has 3 nitrogen and oxygen atoms in total. The van der Waals surface area contributed by atoms with E-state index in [1.165, 1.54) is 5.56 Å². The number of carbonyl (C=O) groups is 1. The zero-order valence-electron chi connectivity index (χ0n) is 11.7. The van der Waals surface area contributed by atoms with E-state index in [-0.39, 0.29) is 18.6 Å². The Balaban J connectivity index is 1.78. The number of aliphatic hydroxyl groups excluding tert-OH is 1. The number of piperidine rings is 1. The van der Waals surface area contributed by atoms with Crippen LogP contribution in [0.15, 0.2) is 24.3 Å². The van der Waals surface area contributed by atoms with Gasteiger partial charge in [-0.15, -0.1) is 0 Å². The Kier molecular flexibility index (Phi) is 5.86. The first-order valence-electron chi connectivity index (χ1n) is 7.35. The van der Waals surface area contributed by atoms with E-state index in [0.717, 1.165) is 43.7 Å². The highest BCUT2D eigenvalue weighted by Gasteiger charge is 2.25. The second kappa shape index (κ2) is 7.65. The van der Waals surface area contributed by atoms with Crippen LogP contribution in [0.25, 0.3) is 0 Å². The van der Waals surface area contributed by atoms with Crippen LogP contribution in [-0.2, 0) is 11.2 Å². The lowest BCUT2D eigenvalue weighted by molar-refractivity contribution is -0.136. The molecular formula is C16H22ClNO2. The number of amides is 1. The maximum absolute atomic E-state index is 12.2.